The Labute approximate surface area is 114 Å². The fourth-order valence-electron chi connectivity index (χ4n) is 2.85. The first kappa shape index (κ1) is 12.6. The van der Waals surface area contributed by atoms with Crippen molar-refractivity contribution in [2.45, 2.75) is 26.3 Å². The number of hydrogen-bond acceptors (Lipinski definition) is 4. The van der Waals surface area contributed by atoms with Gasteiger partial charge in [0.25, 0.3) is 0 Å². The van der Waals surface area contributed by atoms with Gasteiger partial charge in [0.2, 0.25) is 6.79 Å². The first-order valence-corrected chi connectivity index (χ1v) is 6.94. The lowest BCUT2D eigenvalue weighted by Crippen LogP contribution is -2.49. The lowest BCUT2D eigenvalue weighted by molar-refractivity contribution is 0.174. The van der Waals surface area contributed by atoms with Gasteiger partial charge in [-0.15, -0.1) is 0 Å². The monoisotopic (exact) mass is 262 g/mol. The van der Waals surface area contributed by atoms with Crippen molar-refractivity contribution in [1.29, 1.82) is 0 Å². The first-order chi connectivity index (χ1) is 9.06. The summed E-state index contributed by atoms with van der Waals surface area (Å²) < 4.78 is 10.9. The molecular weight excluding hydrogens is 240 g/mol. The molecule has 2 heterocycles. The lowest BCUT2D eigenvalue weighted by Gasteiger charge is -2.39. The van der Waals surface area contributed by atoms with Crippen LogP contribution in [0, 0.1) is 5.92 Å². The summed E-state index contributed by atoms with van der Waals surface area (Å²) in [4.78, 5) is 2.47. The van der Waals surface area contributed by atoms with Crippen LogP contribution >= 0.6 is 0 Å². The molecule has 0 saturated carbocycles. The summed E-state index contributed by atoms with van der Waals surface area (Å²) in [5.74, 6) is 2.34. The third-order valence-electron chi connectivity index (χ3n) is 3.94. The van der Waals surface area contributed by atoms with E-state index >= 15 is 0 Å². The zero-order chi connectivity index (χ0) is 13.5. The molecule has 2 aliphatic rings. The van der Waals surface area contributed by atoms with E-state index in [0.717, 1.165) is 31.1 Å². The van der Waals surface area contributed by atoms with Crippen LogP contribution in [0.1, 0.15) is 20.8 Å². The van der Waals surface area contributed by atoms with Crippen molar-refractivity contribution in [2.24, 2.45) is 5.92 Å². The Bertz CT molecular complexity index is 473. The molecule has 0 aromatic heterocycles. The van der Waals surface area contributed by atoms with Gasteiger partial charge in [0.1, 0.15) is 0 Å². The van der Waals surface area contributed by atoms with Crippen LogP contribution in [0.2, 0.25) is 0 Å². The maximum atomic E-state index is 5.49. The Morgan fingerprint density at radius 2 is 2.05 bits per heavy atom. The predicted octanol–water partition coefficient (Wildman–Crippen LogP) is 2.24. The molecular formula is C15H22N2O2. The summed E-state index contributed by atoms with van der Waals surface area (Å²) >= 11 is 0. The SMILES string of the molecule is CC1CNCC(C)(C)N(c2ccc3c(c2)OCO3)C1. The highest BCUT2D eigenvalue weighted by atomic mass is 16.7. The van der Waals surface area contributed by atoms with Gasteiger partial charge in [-0.1, -0.05) is 6.92 Å². The highest BCUT2D eigenvalue weighted by Gasteiger charge is 2.31. The molecule has 4 heteroatoms. The van der Waals surface area contributed by atoms with Gasteiger partial charge in [-0.3, -0.25) is 0 Å². The van der Waals surface area contributed by atoms with E-state index in [0.29, 0.717) is 12.7 Å². The quantitative estimate of drug-likeness (QED) is 0.841. The van der Waals surface area contributed by atoms with E-state index in [1.165, 1.54) is 5.69 Å². The van der Waals surface area contributed by atoms with Crippen LogP contribution in [-0.2, 0) is 0 Å². The molecule has 1 aromatic carbocycles. The van der Waals surface area contributed by atoms with Gasteiger partial charge in [0, 0.05) is 30.4 Å². The number of nitrogens with one attached hydrogen (secondary N) is 1. The molecule has 0 bridgehead atoms. The van der Waals surface area contributed by atoms with Crippen LogP contribution in [0.15, 0.2) is 18.2 Å². The van der Waals surface area contributed by atoms with Gasteiger partial charge in [0.15, 0.2) is 11.5 Å². The minimum atomic E-state index is 0.0957. The molecule has 1 atom stereocenters. The zero-order valence-corrected chi connectivity index (χ0v) is 11.9. The number of nitrogens with zero attached hydrogens (tertiary/aromatic N) is 1. The number of ether oxygens (including phenoxy) is 2. The van der Waals surface area contributed by atoms with Gasteiger partial charge < -0.3 is 19.7 Å². The van der Waals surface area contributed by atoms with Crippen molar-refractivity contribution in [3.8, 4) is 11.5 Å². The highest BCUT2D eigenvalue weighted by molar-refractivity contribution is 5.58. The number of benzene rings is 1. The molecule has 4 nitrogen and oxygen atoms in total. The van der Waals surface area contributed by atoms with Crippen molar-refractivity contribution in [2.75, 3.05) is 31.3 Å². The summed E-state index contributed by atoms with van der Waals surface area (Å²) in [6, 6.07) is 6.24. The molecule has 0 aliphatic carbocycles. The van der Waals surface area contributed by atoms with Crippen LogP contribution < -0.4 is 19.7 Å². The van der Waals surface area contributed by atoms with E-state index in [4.69, 9.17) is 9.47 Å². The molecule has 1 N–H and O–H groups in total. The summed E-state index contributed by atoms with van der Waals surface area (Å²) in [6.07, 6.45) is 0. The van der Waals surface area contributed by atoms with Gasteiger partial charge in [0.05, 0.1) is 0 Å². The van der Waals surface area contributed by atoms with E-state index in [9.17, 15) is 0 Å². The molecule has 0 amide bonds. The minimum absolute atomic E-state index is 0.0957. The number of anilines is 1. The second kappa shape index (κ2) is 4.60. The molecule has 19 heavy (non-hydrogen) atoms. The van der Waals surface area contributed by atoms with Crippen LogP contribution in [0.5, 0.6) is 11.5 Å². The molecule has 1 fully saturated rings. The molecule has 1 aromatic rings. The number of fused-ring (bicyclic) bond motifs is 1. The highest BCUT2D eigenvalue weighted by Crippen LogP contribution is 2.37. The van der Waals surface area contributed by atoms with E-state index < -0.39 is 0 Å². The topological polar surface area (TPSA) is 33.7 Å². The van der Waals surface area contributed by atoms with E-state index in [1.807, 2.05) is 6.07 Å². The fourth-order valence-corrected chi connectivity index (χ4v) is 2.85. The Morgan fingerprint density at radius 1 is 1.26 bits per heavy atom. The summed E-state index contributed by atoms with van der Waals surface area (Å²) in [5.41, 5.74) is 1.31. The largest absolute Gasteiger partial charge is 0.454 e. The number of rotatable bonds is 1. The van der Waals surface area contributed by atoms with E-state index in [-0.39, 0.29) is 5.54 Å². The van der Waals surface area contributed by atoms with Crippen molar-refractivity contribution in [3.05, 3.63) is 18.2 Å². The Kier molecular flexibility index (Phi) is 3.05. The third-order valence-corrected chi connectivity index (χ3v) is 3.94. The summed E-state index contributed by atoms with van der Waals surface area (Å²) in [5, 5.41) is 3.54. The maximum Gasteiger partial charge on any atom is 0.231 e. The Hall–Kier alpha value is -1.42. The van der Waals surface area contributed by atoms with Crippen LogP contribution in [0.25, 0.3) is 0 Å². The molecule has 0 radical (unpaired) electrons. The lowest BCUT2D eigenvalue weighted by atomic mass is 10.0. The Morgan fingerprint density at radius 3 is 2.89 bits per heavy atom. The first-order valence-electron chi connectivity index (χ1n) is 6.94. The van der Waals surface area contributed by atoms with E-state index in [1.54, 1.807) is 0 Å². The van der Waals surface area contributed by atoms with Gasteiger partial charge in [-0.25, -0.2) is 0 Å². The zero-order valence-electron chi connectivity index (χ0n) is 11.9. The van der Waals surface area contributed by atoms with Crippen molar-refractivity contribution >= 4 is 5.69 Å². The normalized spacial score (nSPS) is 25.2. The van der Waals surface area contributed by atoms with Gasteiger partial charge in [-0.2, -0.15) is 0 Å². The fraction of sp³-hybridized carbons (Fsp3) is 0.600. The second-order valence-corrected chi connectivity index (χ2v) is 6.20. The average Bonchev–Trinajstić information content (AvgIpc) is 2.77. The van der Waals surface area contributed by atoms with Crippen LogP contribution in [0.4, 0.5) is 5.69 Å². The Balaban J connectivity index is 1.93. The van der Waals surface area contributed by atoms with Crippen molar-refractivity contribution in [1.82, 2.24) is 5.32 Å². The minimum Gasteiger partial charge on any atom is -0.454 e. The van der Waals surface area contributed by atoms with E-state index in [2.05, 4.69) is 43.1 Å². The standard InChI is InChI=1S/C15H22N2O2/c1-11-7-16-9-15(2,3)17(8-11)12-4-5-13-14(6-12)19-10-18-13/h4-6,11,16H,7-10H2,1-3H3. The van der Waals surface area contributed by atoms with Crippen LogP contribution in [-0.4, -0.2) is 32.0 Å². The third kappa shape index (κ3) is 2.37. The van der Waals surface area contributed by atoms with Crippen molar-refractivity contribution in [3.63, 3.8) is 0 Å². The molecule has 104 valence electrons. The molecule has 1 saturated heterocycles. The van der Waals surface area contributed by atoms with Gasteiger partial charge in [-0.05, 0) is 38.4 Å². The van der Waals surface area contributed by atoms with Crippen molar-refractivity contribution < 1.29 is 9.47 Å². The number of hydrogen-bond donors (Lipinski definition) is 1. The summed E-state index contributed by atoms with van der Waals surface area (Å²) in [6.45, 7) is 10.3. The molecule has 3 rings (SSSR count). The van der Waals surface area contributed by atoms with Gasteiger partial charge >= 0.3 is 0 Å². The molecule has 1 unspecified atom stereocenters. The predicted molar refractivity (Wildman–Crippen MR) is 76.0 cm³/mol. The molecule has 0 spiro atoms. The second-order valence-electron chi connectivity index (χ2n) is 6.20. The summed E-state index contributed by atoms with van der Waals surface area (Å²) in [7, 11) is 0. The smallest absolute Gasteiger partial charge is 0.231 e. The average molecular weight is 262 g/mol. The van der Waals surface area contributed by atoms with Crippen LogP contribution in [0.3, 0.4) is 0 Å². The maximum absolute atomic E-state index is 5.49. The molecule has 2 aliphatic heterocycles.